The van der Waals surface area contributed by atoms with Crippen LogP contribution in [0.1, 0.15) is 29.7 Å². The molecule has 1 unspecified atom stereocenters. The van der Waals surface area contributed by atoms with Crippen LogP contribution in [-0.2, 0) is 4.79 Å². The highest BCUT2D eigenvalue weighted by Crippen LogP contribution is 2.38. The van der Waals surface area contributed by atoms with Gasteiger partial charge in [0.1, 0.15) is 11.5 Å². The van der Waals surface area contributed by atoms with Gasteiger partial charge in [-0.15, -0.1) is 0 Å². The van der Waals surface area contributed by atoms with Crippen molar-refractivity contribution in [3.05, 3.63) is 22.8 Å². The highest BCUT2D eigenvalue weighted by Gasteiger charge is 2.26. The molecule has 0 fully saturated rings. The topological polar surface area (TPSA) is 38.8 Å². The summed E-state index contributed by atoms with van der Waals surface area (Å²) in [6, 6.07) is 1.57. The molecule has 1 aromatic carbocycles. The van der Waals surface area contributed by atoms with Crippen LogP contribution in [0.4, 0.5) is 0 Å². The van der Waals surface area contributed by atoms with Gasteiger partial charge in [-0.2, -0.15) is 0 Å². The van der Waals surface area contributed by atoms with Crippen molar-refractivity contribution < 1.29 is 14.3 Å². The minimum Gasteiger partial charge on any atom is -0.496 e. The molecule has 0 spiro atoms. The maximum Gasteiger partial charge on any atom is 0.151 e. The number of Topliss-reactive ketones (excluding diaryl/α,β-unsaturated/α-hetero) is 1. The minimum absolute atomic E-state index is 0.0774. The Bertz CT molecular complexity index is 481. The van der Waals surface area contributed by atoms with Gasteiger partial charge in [-0.25, -0.2) is 0 Å². The molecule has 0 aliphatic heterocycles. The molecule has 1 atom stereocenters. The largest absolute Gasteiger partial charge is 0.496 e. The second-order valence-electron chi connectivity index (χ2n) is 4.93. The van der Waals surface area contributed by atoms with Crippen LogP contribution >= 0.6 is 0 Å². The Hall–Kier alpha value is -1.55. The third-order valence-electron chi connectivity index (χ3n) is 3.44. The molecule has 0 N–H and O–H groups in total. The zero-order chi connectivity index (χ0) is 14.7. The molecule has 0 amide bonds. The number of ether oxygens (including phenoxy) is 2. The van der Waals surface area contributed by atoms with Gasteiger partial charge in [0, 0.05) is 5.56 Å². The van der Waals surface area contributed by atoms with Crippen molar-refractivity contribution >= 4 is 5.78 Å². The molecule has 0 aliphatic carbocycles. The van der Waals surface area contributed by atoms with Crippen LogP contribution in [0.25, 0.3) is 0 Å². The minimum atomic E-state index is -0.330. The number of hydrogen-bond donors (Lipinski definition) is 0. The Labute approximate surface area is 115 Å². The third-order valence-corrected chi connectivity index (χ3v) is 3.44. The van der Waals surface area contributed by atoms with Gasteiger partial charge in [0.25, 0.3) is 0 Å². The molecule has 0 saturated carbocycles. The fourth-order valence-electron chi connectivity index (χ4n) is 2.43. The van der Waals surface area contributed by atoms with Crippen LogP contribution in [0.15, 0.2) is 6.07 Å². The van der Waals surface area contributed by atoms with Crippen molar-refractivity contribution in [3.8, 4) is 11.5 Å². The molecule has 0 saturated heterocycles. The summed E-state index contributed by atoms with van der Waals surface area (Å²) >= 11 is 0. The van der Waals surface area contributed by atoms with Gasteiger partial charge >= 0.3 is 0 Å². The van der Waals surface area contributed by atoms with E-state index in [1.54, 1.807) is 21.1 Å². The van der Waals surface area contributed by atoms with Crippen molar-refractivity contribution in [1.29, 1.82) is 0 Å². The monoisotopic (exact) mass is 265 g/mol. The number of carbonyl (C=O) groups is 1. The van der Waals surface area contributed by atoms with Crippen LogP contribution < -0.4 is 9.47 Å². The van der Waals surface area contributed by atoms with Crippen LogP contribution in [0.2, 0.25) is 0 Å². The summed E-state index contributed by atoms with van der Waals surface area (Å²) in [6.45, 7) is 5.55. The Kier molecular flexibility index (Phi) is 4.95. The lowest BCUT2D eigenvalue weighted by Gasteiger charge is -2.26. The molecule has 106 valence electrons. The van der Waals surface area contributed by atoms with Gasteiger partial charge < -0.3 is 9.47 Å². The first-order valence-corrected chi connectivity index (χ1v) is 6.24. The standard InChI is InChI=1S/C15H23NO3/c1-9-10(2)15(19-7)12(8-13(9)18-6)14(11(3)17)16(4)5/h8,14H,1-7H3. The Morgan fingerprint density at radius 1 is 1.16 bits per heavy atom. The highest BCUT2D eigenvalue weighted by molar-refractivity contribution is 5.84. The first-order valence-electron chi connectivity index (χ1n) is 6.24. The molecule has 0 aromatic heterocycles. The van der Waals surface area contributed by atoms with E-state index in [2.05, 4.69) is 0 Å². The Morgan fingerprint density at radius 2 is 1.74 bits per heavy atom. The second kappa shape index (κ2) is 6.06. The van der Waals surface area contributed by atoms with E-state index >= 15 is 0 Å². The zero-order valence-electron chi connectivity index (χ0n) is 12.8. The zero-order valence-corrected chi connectivity index (χ0v) is 12.8. The maximum atomic E-state index is 11.9. The quantitative estimate of drug-likeness (QED) is 0.820. The predicted octanol–water partition coefficient (Wildman–Crippen LogP) is 2.51. The number of nitrogens with zero attached hydrogens (tertiary/aromatic N) is 1. The molecular weight excluding hydrogens is 242 g/mol. The molecule has 0 radical (unpaired) electrons. The van der Waals surface area contributed by atoms with E-state index in [0.29, 0.717) is 0 Å². The van der Waals surface area contributed by atoms with Crippen LogP contribution in [0.5, 0.6) is 11.5 Å². The summed E-state index contributed by atoms with van der Waals surface area (Å²) < 4.78 is 10.9. The van der Waals surface area contributed by atoms with Gasteiger partial charge in [-0.05, 0) is 52.1 Å². The lowest BCUT2D eigenvalue weighted by atomic mass is 9.95. The number of rotatable bonds is 5. The van der Waals surface area contributed by atoms with E-state index in [9.17, 15) is 4.79 Å². The average Bonchev–Trinajstić information content (AvgIpc) is 2.33. The number of methoxy groups -OCH3 is 2. The highest BCUT2D eigenvalue weighted by atomic mass is 16.5. The SMILES string of the molecule is COc1cc(C(C(C)=O)N(C)C)c(OC)c(C)c1C. The van der Waals surface area contributed by atoms with E-state index in [1.165, 1.54) is 0 Å². The average molecular weight is 265 g/mol. The van der Waals surface area contributed by atoms with Crippen LogP contribution in [-0.4, -0.2) is 39.0 Å². The molecule has 0 aliphatic rings. The molecule has 4 nitrogen and oxygen atoms in total. The maximum absolute atomic E-state index is 11.9. The molecule has 1 aromatic rings. The fourth-order valence-corrected chi connectivity index (χ4v) is 2.43. The number of carbonyl (C=O) groups excluding carboxylic acids is 1. The van der Waals surface area contributed by atoms with Gasteiger partial charge in [0.2, 0.25) is 0 Å². The van der Waals surface area contributed by atoms with Gasteiger partial charge in [0.15, 0.2) is 5.78 Å². The molecular formula is C15H23NO3. The molecule has 1 rings (SSSR count). The van der Waals surface area contributed by atoms with E-state index in [0.717, 1.165) is 28.2 Å². The number of hydrogen-bond acceptors (Lipinski definition) is 4. The van der Waals surface area contributed by atoms with Crippen molar-refractivity contribution in [2.24, 2.45) is 0 Å². The fraction of sp³-hybridized carbons (Fsp3) is 0.533. The Morgan fingerprint density at radius 3 is 2.11 bits per heavy atom. The first kappa shape index (κ1) is 15.5. The van der Waals surface area contributed by atoms with Crippen molar-refractivity contribution in [2.75, 3.05) is 28.3 Å². The van der Waals surface area contributed by atoms with Crippen molar-refractivity contribution in [1.82, 2.24) is 4.90 Å². The smallest absolute Gasteiger partial charge is 0.151 e. The summed E-state index contributed by atoms with van der Waals surface area (Å²) in [5.41, 5.74) is 2.88. The first-order chi connectivity index (χ1) is 8.84. The summed E-state index contributed by atoms with van der Waals surface area (Å²) in [5.74, 6) is 1.61. The van der Waals surface area contributed by atoms with Gasteiger partial charge in [-0.1, -0.05) is 0 Å². The lowest BCUT2D eigenvalue weighted by molar-refractivity contribution is -0.121. The van der Waals surface area contributed by atoms with Crippen molar-refractivity contribution in [2.45, 2.75) is 26.8 Å². The van der Waals surface area contributed by atoms with Gasteiger partial charge in [-0.3, -0.25) is 9.69 Å². The van der Waals surface area contributed by atoms with Crippen LogP contribution in [0, 0.1) is 13.8 Å². The van der Waals surface area contributed by atoms with Crippen molar-refractivity contribution in [3.63, 3.8) is 0 Å². The van der Waals surface area contributed by atoms with Gasteiger partial charge in [0.05, 0.1) is 20.3 Å². The summed E-state index contributed by atoms with van der Waals surface area (Å²) in [6.07, 6.45) is 0. The normalized spacial score (nSPS) is 12.4. The lowest BCUT2D eigenvalue weighted by Crippen LogP contribution is -2.26. The van der Waals surface area contributed by atoms with Crippen LogP contribution in [0.3, 0.4) is 0 Å². The number of ketones is 1. The number of likely N-dealkylation sites (N-methyl/N-ethyl adjacent to an activating group) is 1. The predicted molar refractivity (Wildman–Crippen MR) is 76.1 cm³/mol. The number of benzene rings is 1. The van der Waals surface area contributed by atoms with E-state index in [1.807, 2.05) is 38.9 Å². The summed E-state index contributed by atoms with van der Waals surface area (Å²) in [4.78, 5) is 13.8. The molecule has 0 bridgehead atoms. The molecule has 4 heteroatoms. The molecule has 0 heterocycles. The molecule has 19 heavy (non-hydrogen) atoms. The third kappa shape index (κ3) is 2.89. The summed E-state index contributed by atoms with van der Waals surface area (Å²) in [5, 5.41) is 0. The Balaban J connectivity index is 3.56. The van der Waals surface area contributed by atoms with E-state index in [-0.39, 0.29) is 11.8 Å². The summed E-state index contributed by atoms with van der Waals surface area (Å²) in [7, 11) is 7.03. The van der Waals surface area contributed by atoms with E-state index in [4.69, 9.17) is 9.47 Å². The second-order valence-corrected chi connectivity index (χ2v) is 4.93. The van der Waals surface area contributed by atoms with E-state index < -0.39 is 0 Å².